The third-order valence-corrected chi connectivity index (χ3v) is 5.18. The summed E-state index contributed by atoms with van der Waals surface area (Å²) >= 11 is 0. The van der Waals surface area contributed by atoms with Gasteiger partial charge < -0.3 is 14.2 Å². The van der Waals surface area contributed by atoms with Crippen LogP contribution in [0.3, 0.4) is 0 Å². The van der Waals surface area contributed by atoms with Gasteiger partial charge in [0.1, 0.15) is 22.9 Å². The van der Waals surface area contributed by atoms with E-state index in [0.29, 0.717) is 42.5 Å². The van der Waals surface area contributed by atoms with Crippen LogP contribution in [0.2, 0.25) is 0 Å². The van der Waals surface area contributed by atoms with E-state index in [1.165, 1.54) is 0 Å². The molecule has 0 aliphatic heterocycles. The zero-order chi connectivity index (χ0) is 23.0. The Hall–Kier alpha value is -3.93. The third kappa shape index (κ3) is 5.66. The molecule has 0 N–H and O–H groups in total. The number of esters is 1. The molecule has 0 aliphatic carbocycles. The van der Waals surface area contributed by atoms with Gasteiger partial charge in [-0.05, 0) is 61.9 Å². The van der Waals surface area contributed by atoms with Gasteiger partial charge in [0, 0.05) is 6.42 Å². The van der Waals surface area contributed by atoms with Gasteiger partial charge in [-0.3, -0.25) is 4.79 Å². The van der Waals surface area contributed by atoms with Gasteiger partial charge in [0.05, 0.1) is 23.6 Å². The highest BCUT2D eigenvalue weighted by molar-refractivity contribution is 5.76. The Morgan fingerprint density at radius 1 is 0.758 bits per heavy atom. The van der Waals surface area contributed by atoms with Gasteiger partial charge in [-0.15, -0.1) is 0 Å². The lowest BCUT2D eigenvalue weighted by Gasteiger charge is -2.16. The number of nitrogens with zero attached hydrogens (tertiary/aromatic N) is 2. The maximum atomic E-state index is 12.4. The van der Waals surface area contributed by atoms with Crippen LogP contribution in [-0.2, 0) is 16.0 Å². The molecule has 1 atom stereocenters. The van der Waals surface area contributed by atoms with Crippen LogP contribution in [0.15, 0.2) is 78.9 Å². The molecule has 0 saturated heterocycles. The van der Waals surface area contributed by atoms with Crippen molar-refractivity contribution in [3.8, 4) is 23.1 Å². The van der Waals surface area contributed by atoms with E-state index < -0.39 is 0 Å². The highest BCUT2D eigenvalue weighted by atomic mass is 16.5. The summed E-state index contributed by atoms with van der Waals surface area (Å²) < 4.78 is 17.2. The number of aromatic nitrogens is 2. The van der Waals surface area contributed by atoms with Crippen LogP contribution in [0.5, 0.6) is 23.1 Å². The summed E-state index contributed by atoms with van der Waals surface area (Å²) in [5, 5.41) is 0. The van der Waals surface area contributed by atoms with Crippen molar-refractivity contribution < 1.29 is 19.0 Å². The molecular weight excluding hydrogens is 416 g/mol. The Bertz CT molecular complexity index is 1210. The molecule has 4 aromatic rings. The number of hydrogen-bond acceptors (Lipinski definition) is 6. The predicted molar refractivity (Wildman–Crippen MR) is 127 cm³/mol. The van der Waals surface area contributed by atoms with Crippen LogP contribution in [0.1, 0.15) is 26.0 Å². The van der Waals surface area contributed by atoms with Crippen LogP contribution >= 0.6 is 0 Å². The molecule has 0 fully saturated rings. The highest BCUT2D eigenvalue weighted by Gasteiger charge is 2.22. The van der Waals surface area contributed by atoms with Crippen molar-refractivity contribution in [1.82, 2.24) is 9.97 Å². The molecule has 0 aliphatic rings. The molecule has 6 heteroatoms. The largest absolute Gasteiger partial charge is 0.466 e. The van der Waals surface area contributed by atoms with Gasteiger partial charge in [-0.25, -0.2) is 9.97 Å². The van der Waals surface area contributed by atoms with Crippen molar-refractivity contribution in [2.24, 2.45) is 5.92 Å². The summed E-state index contributed by atoms with van der Waals surface area (Å²) in [5.74, 6) is 1.90. The zero-order valence-corrected chi connectivity index (χ0v) is 18.7. The van der Waals surface area contributed by atoms with Gasteiger partial charge in [-0.1, -0.05) is 37.3 Å². The van der Waals surface area contributed by atoms with E-state index in [1.807, 2.05) is 85.8 Å². The summed E-state index contributed by atoms with van der Waals surface area (Å²) in [7, 11) is 0. The zero-order valence-electron chi connectivity index (χ0n) is 18.7. The lowest BCUT2D eigenvalue weighted by atomic mass is 10.0. The van der Waals surface area contributed by atoms with E-state index in [0.717, 1.165) is 16.8 Å². The molecule has 6 nitrogen and oxygen atoms in total. The maximum absolute atomic E-state index is 12.4. The average molecular weight is 443 g/mol. The fourth-order valence-corrected chi connectivity index (χ4v) is 3.43. The third-order valence-electron chi connectivity index (χ3n) is 5.18. The highest BCUT2D eigenvalue weighted by Crippen LogP contribution is 2.30. The number of carbonyl (C=O) groups is 1. The van der Waals surface area contributed by atoms with Crippen LogP contribution in [0, 0.1) is 5.92 Å². The molecule has 1 unspecified atom stereocenters. The topological polar surface area (TPSA) is 70.5 Å². The number of fused-ring (bicyclic) bond motifs is 1. The van der Waals surface area contributed by atoms with E-state index in [2.05, 4.69) is 4.98 Å². The Labute approximate surface area is 193 Å². The summed E-state index contributed by atoms with van der Waals surface area (Å²) in [6, 6.07) is 24.5. The molecule has 168 valence electrons. The number of benzene rings is 3. The molecule has 4 rings (SSSR count). The first kappa shape index (κ1) is 22.3. The number of hydrogen-bond donors (Lipinski definition) is 0. The summed E-state index contributed by atoms with van der Waals surface area (Å²) in [6.07, 6.45) is 1.02. The van der Waals surface area contributed by atoms with Crippen LogP contribution < -0.4 is 9.47 Å². The first-order valence-electron chi connectivity index (χ1n) is 11.1. The number of carbonyl (C=O) groups excluding carboxylic acids is 1. The monoisotopic (exact) mass is 442 g/mol. The Balaban J connectivity index is 1.59. The molecule has 0 saturated carbocycles. The predicted octanol–water partition coefficient (Wildman–Crippen LogP) is 6.35. The molecule has 0 radical (unpaired) electrons. The van der Waals surface area contributed by atoms with Gasteiger partial charge in [0.2, 0.25) is 5.88 Å². The number of ether oxygens (including phenoxy) is 3. The Morgan fingerprint density at radius 2 is 1.33 bits per heavy atom. The van der Waals surface area contributed by atoms with Crippen LogP contribution in [-0.4, -0.2) is 22.5 Å². The van der Waals surface area contributed by atoms with Gasteiger partial charge >= 0.3 is 5.97 Å². The average Bonchev–Trinajstić information content (AvgIpc) is 2.84. The quantitative estimate of drug-likeness (QED) is 0.281. The van der Waals surface area contributed by atoms with E-state index in [1.54, 1.807) is 6.92 Å². The fraction of sp³-hybridized carbons (Fsp3) is 0.222. The minimum atomic E-state index is -0.315. The minimum Gasteiger partial charge on any atom is -0.466 e. The molecule has 0 amide bonds. The second kappa shape index (κ2) is 10.6. The van der Waals surface area contributed by atoms with Crippen molar-refractivity contribution in [2.75, 3.05) is 6.61 Å². The van der Waals surface area contributed by atoms with Crippen molar-refractivity contribution >= 4 is 17.0 Å². The maximum Gasteiger partial charge on any atom is 0.309 e. The molecule has 0 bridgehead atoms. The van der Waals surface area contributed by atoms with Crippen molar-refractivity contribution in [1.29, 1.82) is 0 Å². The van der Waals surface area contributed by atoms with Crippen LogP contribution in [0.25, 0.3) is 11.0 Å². The molecule has 33 heavy (non-hydrogen) atoms. The van der Waals surface area contributed by atoms with Crippen molar-refractivity contribution in [2.45, 2.75) is 26.7 Å². The van der Waals surface area contributed by atoms with E-state index >= 15 is 0 Å². The lowest BCUT2D eigenvalue weighted by Crippen LogP contribution is -2.20. The van der Waals surface area contributed by atoms with Gasteiger partial charge in [0.25, 0.3) is 0 Å². The second-order valence-corrected chi connectivity index (χ2v) is 7.51. The SMILES string of the molecule is CCOC(=O)C(CC)Cc1nc2ccccc2nc1Oc1ccc(Oc2ccccc2)cc1. The summed E-state index contributed by atoms with van der Waals surface area (Å²) in [6.45, 7) is 4.11. The molecular formula is C27H26N2O4. The smallest absolute Gasteiger partial charge is 0.309 e. The normalized spacial score (nSPS) is 11.7. The van der Waals surface area contributed by atoms with Crippen molar-refractivity contribution in [3.05, 3.63) is 84.6 Å². The lowest BCUT2D eigenvalue weighted by molar-refractivity contribution is -0.148. The van der Waals surface area contributed by atoms with E-state index in [-0.39, 0.29) is 11.9 Å². The van der Waals surface area contributed by atoms with Gasteiger partial charge in [-0.2, -0.15) is 0 Å². The first-order chi connectivity index (χ1) is 16.2. The van der Waals surface area contributed by atoms with E-state index in [9.17, 15) is 4.79 Å². The Kier molecular flexibility index (Phi) is 7.15. The summed E-state index contributed by atoms with van der Waals surface area (Å²) in [5.41, 5.74) is 2.10. The van der Waals surface area contributed by atoms with E-state index in [4.69, 9.17) is 19.2 Å². The Morgan fingerprint density at radius 3 is 1.97 bits per heavy atom. The first-order valence-corrected chi connectivity index (χ1v) is 11.1. The fourth-order valence-electron chi connectivity index (χ4n) is 3.43. The molecule has 3 aromatic carbocycles. The molecule has 0 spiro atoms. The second-order valence-electron chi connectivity index (χ2n) is 7.51. The molecule has 1 aromatic heterocycles. The molecule has 1 heterocycles. The minimum absolute atomic E-state index is 0.233. The van der Waals surface area contributed by atoms with Gasteiger partial charge in [0.15, 0.2) is 0 Å². The number of para-hydroxylation sites is 3. The number of rotatable bonds is 9. The van der Waals surface area contributed by atoms with Crippen LogP contribution in [0.4, 0.5) is 0 Å². The standard InChI is InChI=1S/C27H26N2O4/c1-3-19(27(30)31-4-2)18-25-26(29-24-13-9-8-12-23(24)28-25)33-22-16-14-21(15-17-22)32-20-10-6-5-7-11-20/h5-17,19H,3-4,18H2,1-2H3. The summed E-state index contributed by atoms with van der Waals surface area (Å²) in [4.78, 5) is 21.8. The van der Waals surface area contributed by atoms with Crippen molar-refractivity contribution in [3.63, 3.8) is 0 Å².